The number of hydrogen-bond donors (Lipinski definition) is 0. The molecule has 0 N–H and O–H groups in total. The van der Waals surface area contributed by atoms with Crippen LogP contribution in [0.3, 0.4) is 0 Å². The number of rotatable bonds is 4. The van der Waals surface area contributed by atoms with Gasteiger partial charge in [0, 0.05) is 12.1 Å². The lowest BCUT2D eigenvalue weighted by Gasteiger charge is -2.22. The maximum absolute atomic E-state index is 14.2. The first-order valence-electron chi connectivity index (χ1n) is 9.14. The fraction of sp³-hybridized carbons (Fsp3) is 0.136. The molecule has 148 valence electrons. The second-order valence-corrected chi connectivity index (χ2v) is 8.70. The molecule has 0 saturated carbocycles. The van der Waals surface area contributed by atoms with Gasteiger partial charge < -0.3 is 4.90 Å². The van der Waals surface area contributed by atoms with E-state index in [4.69, 9.17) is 0 Å². The van der Waals surface area contributed by atoms with Crippen LogP contribution in [0.5, 0.6) is 0 Å². The number of amides is 1. The molecule has 1 heterocycles. The highest BCUT2D eigenvalue weighted by Gasteiger charge is 2.36. The second kappa shape index (κ2) is 7.77. The number of carbonyl (C=O) groups is 1. The van der Waals surface area contributed by atoms with E-state index in [9.17, 15) is 17.6 Å². The first-order chi connectivity index (χ1) is 14.0. The first-order valence-corrected chi connectivity index (χ1v) is 10.6. The molecule has 1 amide bonds. The van der Waals surface area contributed by atoms with Crippen molar-refractivity contribution >= 4 is 21.6 Å². The minimum Gasteiger partial charge on any atom is -0.305 e. The molecule has 0 aromatic heterocycles. The number of hydrogen-bond acceptors (Lipinski definition) is 3. The molecule has 0 saturated heterocycles. The van der Waals surface area contributed by atoms with Crippen LogP contribution in [0.4, 0.5) is 10.1 Å². The van der Waals surface area contributed by atoms with E-state index in [-0.39, 0.29) is 30.2 Å². The Hall–Kier alpha value is -3.03. The Morgan fingerprint density at radius 1 is 0.828 bits per heavy atom. The van der Waals surface area contributed by atoms with Crippen LogP contribution in [-0.4, -0.2) is 25.2 Å². The van der Waals surface area contributed by atoms with Crippen LogP contribution in [0.2, 0.25) is 0 Å². The van der Waals surface area contributed by atoms with Gasteiger partial charge in [0.05, 0.1) is 18.8 Å². The molecule has 0 fully saturated rings. The molecule has 1 aliphatic rings. The number of halogens is 1. The number of anilines is 1. The average Bonchev–Trinajstić information content (AvgIpc) is 2.80. The smallest absolute Gasteiger partial charge is 0.245 e. The molecule has 3 aromatic rings. The standard InChI is InChI=1S/C22H19FN2O3S/c23-19-11-5-4-10-18(19)15-25-20-12-6-7-13-21(20)29(27,28)24(16-22(25)26)14-17-8-2-1-3-9-17/h1-13H,14-16H2. The van der Waals surface area contributed by atoms with E-state index >= 15 is 0 Å². The quantitative estimate of drug-likeness (QED) is 0.661. The lowest BCUT2D eigenvalue weighted by atomic mass is 10.1. The zero-order chi connectivity index (χ0) is 20.4. The highest BCUT2D eigenvalue weighted by atomic mass is 32.2. The van der Waals surface area contributed by atoms with Gasteiger partial charge in [0.15, 0.2) is 0 Å². The lowest BCUT2D eigenvalue weighted by Crippen LogP contribution is -2.38. The molecular formula is C22H19FN2O3S. The van der Waals surface area contributed by atoms with Gasteiger partial charge in [-0.3, -0.25) is 4.79 Å². The summed E-state index contributed by atoms with van der Waals surface area (Å²) >= 11 is 0. The summed E-state index contributed by atoms with van der Waals surface area (Å²) in [7, 11) is -3.91. The molecule has 0 bridgehead atoms. The van der Waals surface area contributed by atoms with Gasteiger partial charge >= 0.3 is 0 Å². The van der Waals surface area contributed by atoms with Gasteiger partial charge in [0.25, 0.3) is 0 Å². The SMILES string of the molecule is O=C1CN(Cc2ccccc2)S(=O)(=O)c2ccccc2N1Cc1ccccc1F. The Morgan fingerprint density at radius 2 is 1.48 bits per heavy atom. The van der Waals surface area contributed by atoms with Crippen molar-refractivity contribution in [1.82, 2.24) is 4.31 Å². The second-order valence-electron chi connectivity index (χ2n) is 6.80. The van der Waals surface area contributed by atoms with Gasteiger partial charge in [-0.25, -0.2) is 12.8 Å². The van der Waals surface area contributed by atoms with E-state index < -0.39 is 21.7 Å². The minimum absolute atomic E-state index is 0.0399. The molecule has 1 aliphatic heterocycles. The van der Waals surface area contributed by atoms with Crippen LogP contribution in [0.15, 0.2) is 83.8 Å². The molecule has 0 atom stereocenters. The average molecular weight is 410 g/mol. The summed E-state index contributed by atoms with van der Waals surface area (Å²) in [5, 5.41) is 0. The summed E-state index contributed by atoms with van der Waals surface area (Å²) in [5.41, 5.74) is 1.37. The van der Waals surface area contributed by atoms with E-state index in [0.717, 1.165) is 5.56 Å². The Morgan fingerprint density at radius 3 is 2.24 bits per heavy atom. The van der Waals surface area contributed by atoms with Crippen LogP contribution < -0.4 is 4.90 Å². The Kier molecular flexibility index (Phi) is 5.17. The molecule has 0 spiro atoms. The molecule has 4 rings (SSSR count). The predicted octanol–water partition coefficient (Wildman–Crippen LogP) is 3.56. The summed E-state index contributed by atoms with van der Waals surface area (Å²) in [6.07, 6.45) is 0. The van der Waals surface area contributed by atoms with Gasteiger partial charge in [-0.15, -0.1) is 0 Å². The van der Waals surface area contributed by atoms with Crippen LogP contribution in [0.25, 0.3) is 0 Å². The Bertz CT molecular complexity index is 1150. The predicted molar refractivity (Wildman–Crippen MR) is 108 cm³/mol. The molecule has 29 heavy (non-hydrogen) atoms. The van der Waals surface area contributed by atoms with Gasteiger partial charge in [0.2, 0.25) is 15.9 Å². The van der Waals surface area contributed by atoms with Crippen molar-refractivity contribution in [3.8, 4) is 0 Å². The van der Waals surface area contributed by atoms with E-state index in [0.29, 0.717) is 5.56 Å². The zero-order valence-electron chi connectivity index (χ0n) is 15.5. The molecule has 7 heteroatoms. The number of fused-ring (bicyclic) bond motifs is 1. The molecule has 0 aliphatic carbocycles. The van der Waals surface area contributed by atoms with Crippen molar-refractivity contribution < 1.29 is 17.6 Å². The van der Waals surface area contributed by atoms with E-state index in [1.807, 2.05) is 30.3 Å². The molecule has 0 unspecified atom stereocenters. The maximum atomic E-state index is 14.2. The lowest BCUT2D eigenvalue weighted by molar-refractivity contribution is -0.119. The number of nitrogens with zero attached hydrogens (tertiary/aromatic N) is 2. The molecular weight excluding hydrogens is 391 g/mol. The molecule has 5 nitrogen and oxygen atoms in total. The fourth-order valence-electron chi connectivity index (χ4n) is 3.39. The summed E-state index contributed by atoms with van der Waals surface area (Å²) in [5.74, 6) is -0.844. The fourth-order valence-corrected chi connectivity index (χ4v) is 4.96. The third-order valence-electron chi connectivity index (χ3n) is 4.87. The number of sulfonamides is 1. The summed E-state index contributed by atoms with van der Waals surface area (Å²) in [4.78, 5) is 14.5. The normalized spacial score (nSPS) is 16.3. The maximum Gasteiger partial charge on any atom is 0.245 e. The summed E-state index contributed by atoms with van der Waals surface area (Å²) in [6.45, 7) is -0.283. The Labute approximate surface area is 169 Å². The molecule has 0 radical (unpaired) electrons. The van der Waals surface area contributed by atoms with Gasteiger partial charge in [-0.05, 0) is 23.8 Å². The summed E-state index contributed by atoms with van der Waals surface area (Å²) in [6, 6.07) is 21.6. The van der Waals surface area contributed by atoms with Crippen molar-refractivity contribution in [1.29, 1.82) is 0 Å². The zero-order valence-corrected chi connectivity index (χ0v) is 16.3. The van der Waals surface area contributed by atoms with Crippen molar-refractivity contribution in [3.63, 3.8) is 0 Å². The monoisotopic (exact) mass is 410 g/mol. The van der Waals surface area contributed by atoms with Crippen molar-refractivity contribution in [3.05, 3.63) is 95.8 Å². The first kappa shape index (κ1) is 19.3. The van der Waals surface area contributed by atoms with Crippen molar-refractivity contribution in [2.45, 2.75) is 18.0 Å². The third kappa shape index (κ3) is 3.79. The highest BCUT2D eigenvalue weighted by molar-refractivity contribution is 7.89. The van der Waals surface area contributed by atoms with Gasteiger partial charge in [-0.2, -0.15) is 4.31 Å². The minimum atomic E-state index is -3.91. The number of para-hydroxylation sites is 1. The van der Waals surface area contributed by atoms with E-state index in [1.54, 1.807) is 36.4 Å². The highest BCUT2D eigenvalue weighted by Crippen LogP contribution is 2.33. The van der Waals surface area contributed by atoms with Gasteiger partial charge in [-0.1, -0.05) is 60.7 Å². The summed E-state index contributed by atoms with van der Waals surface area (Å²) < 4.78 is 42.0. The van der Waals surface area contributed by atoms with Crippen LogP contribution in [-0.2, 0) is 27.9 Å². The molecule has 3 aromatic carbocycles. The number of carbonyl (C=O) groups excluding carboxylic acids is 1. The largest absolute Gasteiger partial charge is 0.305 e. The van der Waals surface area contributed by atoms with E-state index in [1.165, 1.54) is 21.3 Å². The van der Waals surface area contributed by atoms with Gasteiger partial charge in [0.1, 0.15) is 10.7 Å². The van der Waals surface area contributed by atoms with Crippen LogP contribution >= 0.6 is 0 Å². The van der Waals surface area contributed by atoms with Crippen LogP contribution in [0.1, 0.15) is 11.1 Å². The van der Waals surface area contributed by atoms with Crippen LogP contribution in [0, 0.1) is 5.82 Å². The van der Waals surface area contributed by atoms with Crippen molar-refractivity contribution in [2.24, 2.45) is 0 Å². The van der Waals surface area contributed by atoms with E-state index in [2.05, 4.69) is 0 Å². The van der Waals surface area contributed by atoms with Crippen molar-refractivity contribution in [2.75, 3.05) is 11.4 Å². The Balaban J connectivity index is 1.77. The third-order valence-corrected chi connectivity index (χ3v) is 6.71. The number of benzene rings is 3. The topological polar surface area (TPSA) is 57.7 Å².